The summed E-state index contributed by atoms with van der Waals surface area (Å²) in [6.45, 7) is 5.09. The minimum Gasteiger partial charge on any atom is -0.347 e. The minimum atomic E-state index is -0.496. The number of carbonyl (C=O) groups is 1. The molecule has 6 heteroatoms. The molecule has 1 amide bonds. The summed E-state index contributed by atoms with van der Waals surface area (Å²) in [4.78, 5) is 22.5. The lowest BCUT2D eigenvalue weighted by Crippen LogP contribution is -2.55. The van der Waals surface area contributed by atoms with E-state index in [9.17, 15) is 14.9 Å². The molecule has 0 bridgehead atoms. The number of hydrogen-bond donors (Lipinski definition) is 2. The Morgan fingerprint density at radius 1 is 1.45 bits per heavy atom. The van der Waals surface area contributed by atoms with Crippen LogP contribution in [0.5, 0.6) is 0 Å². The average Bonchev–Trinajstić information content (AvgIpc) is 2.43. The highest BCUT2D eigenvalue weighted by atomic mass is 16.6. The largest absolute Gasteiger partial charge is 0.347 e. The van der Waals surface area contributed by atoms with E-state index in [0.717, 1.165) is 13.0 Å². The van der Waals surface area contributed by atoms with Crippen molar-refractivity contribution in [3.05, 3.63) is 39.9 Å². The summed E-state index contributed by atoms with van der Waals surface area (Å²) in [5.74, 6) is 0.120. The SMILES string of the molecule is CC1CCNC(C)C1NC(=O)c1cccc([N+](=O)[O-])c1. The van der Waals surface area contributed by atoms with Crippen molar-refractivity contribution < 1.29 is 9.72 Å². The van der Waals surface area contributed by atoms with Crippen molar-refractivity contribution in [3.63, 3.8) is 0 Å². The third-order valence-electron chi connectivity index (χ3n) is 3.83. The smallest absolute Gasteiger partial charge is 0.270 e. The molecule has 0 saturated carbocycles. The van der Waals surface area contributed by atoms with Crippen LogP contribution in [0.15, 0.2) is 24.3 Å². The zero-order valence-electron chi connectivity index (χ0n) is 11.6. The second-order valence-corrected chi connectivity index (χ2v) is 5.32. The monoisotopic (exact) mass is 277 g/mol. The molecule has 20 heavy (non-hydrogen) atoms. The summed E-state index contributed by atoms with van der Waals surface area (Å²) in [7, 11) is 0. The molecule has 0 aliphatic carbocycles. The maximum atomic E-state index is 12.2. The van der Waals surface area contributed by atoms with E-state index in [2.05, 4.69) is 17.6 Å². The van der Waals surface area contributed by atoms with Gasteiger partial charge in [-0.1, -0.05) is 13.0 Å². The van der Waals surface area contributed by atoms with E-state index in [-0.39, 0.29) is 23.7 Å². The molecule has 108 valence electrons. The lowest BCUT2D eigenvalue weighted by Gasteiger charge is -2.36. The number of piperidine rings is 1. The lowest BCUT2D eigenvalue weighted by atomic mass is 9.89. The van der Waals surface area contributed by atoms with Gasteiger partial charge in [0.15, 0.2) is 0 Å². The van der Waals surface area contributed by atoms with Gasteiger partial charge in [0.25, 0.3) is 11.6 Å². The Morgan fingerprint density at radius 3 is 2.85 bits per heavy atom. The topological polar surface area (TPSA) is 84.3 Å². The molecule has 1 aliphatic heterocycles. The second-order valence-electron chi connectivity index (χ2n) is 5.32. The first kappa shape index (κ1) is 14.5. The highest BCUT2D eigenvalue weighted by Crippen LogP contribution is 2.18. The third kappa shape index (κ3) is 3.14. The number of rotatable bonds is 3. The van der Waals surface area contributed by atoms with Crippen molar-refractivity contribution in [2.45, 2.75) is 32.4 Å². The first-order chi connectivity index (χ1) is 9.49. The van der Waals surface area contributed by atoms with Gasteiger partial charge in [-0.25, -0.2) is 0 Å². The van der Waals surface area contributed by atoms with Crippen LogP contribution in [0.25, 0.3) is 0 Å². The summed E-state index contributed by atoms with van der Waals surface area (Å²) in [5, 5.41) is 17.0. The van der Waals surface area contributed by atoms with Gasteiger partial charge >= 0.3 is 0 Å². The number of nitro benzene ring substituents is 1. The summed E-state index contributed by atoms with van der Waals surface area (Å²) >= 11 is 0. The third-order valence-corrected chi connectivity index (χ3v) is 3.83. The number of benzene rings is 1. The molecule has 1 aromatic rings. The van der Waals surface area contributed by atoms with Crippen molar-refractivity contribution in [2.75, 3.05) is 6.54 Å². The predicted octanol–water partition coefficient (Wildman–Crippen LogP) is 1.71. The van der Waals surface area contributed by atoms with Gasteiger partial charge < -0.3 is 10.6 Å². The number of amides is 1. The van der Waals surface area contributed by atoms with Gasteiger partial charge in [-0.3, -0.25) is 14.9 Å². The van der Waals surface area contributed by atoms with Crippen LogP contribution in [0.2, 0.25) is 0 Å². The molecular formula is C14H19N3O3. The Bertz CT molecular complexity index is 508. The molecular weight excluding hydrogens is 258 g/mol. The van der Waals surface area contributed by atoms with Crippen LogP contribution in [-0.2, 0) is 0 Å². The van der Waals surface area contributed by atoms with E-state index in [4.69, 9.17) is 0 Å². The van der Waals surface area contributed by atoms with E-state index in [1.54, 1.807) is 6.07 Å². The molecule has 6 nitrogen and oxygen atoms in total. The van der Waals surface area contributed by atoms with Crippen molar-refractivity contribution in [1.82, 2.24) is 10.6 Å². The van der Waals surface area contributed by atoms with Gasteiger partial charge in [0.2, 0.25) is 0 Å². The molecule has 0 radical (unpaired) electrons. The maximum Gasteiger partial charge on any atom is 0.270 e. The zero-order valence-corrected chi connectivity index (χ0v) is 11.6. The summed E-state index contributed by atoms with van der Waals surface area (Å²) < 4.78 is 0. The molecule has 0 spiro atoms. The Balaban J connectivity index is 2.11. The average molecular weight is 277 g/mol. The molecule has 1 aliphatic rings. The van der Waals surface area contributed by atoms with Crippen LogP contribution in [-0.4, -0.2) is 29.5 Å². The van der Waals surface area contributed by atoms with Crippen LogP contribution >= 0.6 is 0 Å². The fraction of sp³-hybridized carbons (Fsp3) is 0.500. The Morgan fingerprint density at radius 2 is 2.20 bits per heavy atom. The van der Waals surface area contributed by atoms with Crippen LogP contribution in [0.4, 0.5) is 5.69 Å². The predicted molar refractivity (Wildman–Crippen MR) is 75.6 cm³/mol. The summed E-state index contributed by atoms with van der Waals surface area (Å²) in [6.07, 6.45) is 1.00. The van der Waals surface area contributed by atoms with Crippen LogP contribution in [0.1, 0.15) is 30.6 Å². The van der Waals surface area contributed by atoms with Crippen molar-refractivity contribution in [1.29, 1.82) is 0 Å². The van der Waals surface area contributed by atoms with Crippen molar-refractivity contribution >= 4 is 11.6 Å². The zero-order chi connectivity index (χ0) is 14.7. The highest BCUT2D eigenvalue weighted by Gasteiger charge is 2.29. The van der Waals surface area contributed by atoms with E-state index >= 15 is 0 Å². The number of carbonyl (C=O) groups excluding carboxylic acids is 1. The Kier molecular flexibility index (Phi) is 4.34. The molecule has 1 saturated heterocycles. The fourth-order valence-electron chi connectivity index (χ4n) is 2.60. The van der Waals surface area contributed by atoms with E-state index in [1.807, 2.05) is 6.92 Å². The first-order valence-corrected chi connectivity index (χ1v) is 6.77. The van der Waals surface area contributed by atoms with Crippen molar-refractivity contribution in [2.24, 2.45) is 5.92 Å². The molecule has 0 aromatic heterocycles. The Hall–Kier alpha value is -1.95. The number of nitrogens with zero attached hydrogens (tertiary/aromatic N) is 1. The van der Waals surface area contributed by atoms with Gasteiger partial charge in [-0.2, -0.15) is 0 Å². The normalized spacial score (nSPS) is 26.0. The van der Waals surface area contributed by atoms with E-state index < -0.39 is 4.92 Å². The van der Waals surface area contributed by atoms with Crippen LogP contribution in [0, 0.1) is 16.0 Å². The first-order valence-electron chi connectivity index (χ1n) is 6.77. The van der Waals surface area contributed by atoms with Crippen LogP contribution in [0.3, 0.4) is 0 Å². The van der Waals surface area contributed by atoms with Gasteiger partial charge in [0, 0.05) is 29.8 Å². The molecule has 1 fully saturated rings. The van der Waals surface area contributed by atoms with Gasteiger partial charge in [-0.15, -0.1) is 0 Å². The number of hydrogen-bond acceptors (Lipinski definition) is 4. The molecule has 1 aromatic carbocycles. The Labute approximate surface area is 117 Å². The summed E-state index contributed by atoms with van der Waals surface area (Å²) in [6, 6.07) is 6.04. The number of nitrogens with one attached hydrogen (secondary N) is 2. The fourth-order valence-corrected chi connectivity index (χ4v) is 2.60. The minimum absolute atomic E-state index is 0.0375. The maximum absolute atomic E-state index is 12.2. The quantitative estimate of drug-likeness (QED) is 0.650. The lowest BCUT2D eigenvalue weighted by molar-refractivity contribution is -0.384. The van der Waals surface area contributed by atoms with Gasteiger partial charge in [0.1, 0.15) is 0 Å². The number of non-ortho nitro benzene ring substituents is 1. The van der Waals surface area contributed by atoms with E-state index in [1.165, 1.54) is 18.2 Å². The molecule has 2 N–H and O–H groups in total. The standard InChI is InChI=1S/C14H19N3O3/c1-9-6-7-15-10(2)13(9)16-14(18)11-4-3-5-12(8-11)17(19)20/h3-5,8-10,13,15H,6-7H2,1-2H3,(H,16,18). The van der Waals surface area contributed by atoms with Crippen LogP contribution < -0.4 is 10.6 Å². The van der Waals surface area contributed by atoms with Crippen molar-refractivity contribution in [3.8, 4) is 0 Å². The van der Waals surface area contributed by atoms with E-state index in [0.29, 0.717) is 11.5 Å². The molecule has 1 heterocycles. The number of nitro groups is 1. The molecule has 3 unspecified atom stereocenters. The molecule has 3 atom stereocenters. The summed E-state index contributed by atoms with van der Waals surface area (Å²) in [5.41, 5.74) is 0.254. The van der Waals surface area contributed by atoms with Gasteiger partial charge in [0.05, 0.1) is 4.92 Å². The second kappa shape index (κ2) is 6.00. The molecule has 2 rings (SSSR count). The highest BCUT2D eigenvalue weighted by molar-refractivity contribution is 5.95. The van der Waals surface area contributed by atoms with Gasteiger partial charge in [-0.05, 0) is 31.9 Å².